The highest BCUT2D eigenvalue weighted by atomic mass is 35.5. The van der Waals surface area contributed by atoms with Crippen LogP contribution in [0, 0.1) is 6.92 Å². The van der Waals surface area contributed by atoms with Gasteiger partial charge < -0.3 is 5.32 Å². The second-order valence-corrected chi connectivity index (χ2v) is 9.11. The monoisotopic (exact) mass is 462 g/mol. The quantitative estimate of drug-likeness (QED) is 0.551. The Kier molecular flexibility index (Phi) is 7.04. The van der Waals surface area contributed by atoms with Gasteiger partial charge >= 0.3 is 0 Å². The van der Waals surface area contributed by atoms with Gasteiger partial charge in [0.2, 0.25) is 21.8 Å². The first kappa shape index (κ1) is 22.9. The number of hydrogen-bond acceptors (Lipinski definition) is 6. The van der Waals surface area contributed by atoms with Crippen molar-refractivity contribution >= 4 is 33.2 Å². The average molecular weight is 463 g/mol. The fourth-order valence-corrected chi connectivity index (χ4v) is 4.94. The fraction of sp³-hybridized carbons (Fsp3) is 0.300. The summed E-state index contributed by atoms with van der Waals surface area (Å²) in [6, 6.07) is 11.8. The molecule has 0 aliphatic carbocycles. The van der Waals surface area contributed by atoms with Crippen molar-refractivity contribution in [2.45, 2.75) is 32.2 Å². The molecule has 0 aliphatic heterocycles. The largest absolute Gasteiger partial charge is 0.324 e. The Bertz CT molecular complexity index is 1190. The third kappa shape index (κ3) is 5.27. The van der Waals surface area contributed by atoms with Crippen molar-refractivity contribution in [2.75, 3.05) is 18.4 Å². The second-order valence-electron chi connectivity index (χ2n) is 6.77. The molecule has 2 aromatic carbocycles. The number of nitrogens with zero attached hydrogens (tertiary/aromatic N) is 5. The summed E-state index contributed by atoms with van der Waals surface area (Å²) in [6.07, 6.45) is 0. The number of halogens is 1. The van der Waals surface area contributed by atoms with Gasteiger partial charge in [-0.2, -0.15) is 9.10 Å². The zero-order valence-corrected chi connectivity index (χ0v) is 19.0. The molecule has 0 unspecified atom stereocenters. The number of tetrazole rings is 1. The third-order valence-corrected chi connectivity index (χ3v) is 7.04. The van der Waals surface area contributed by atoms with E-state index in [1.807, 2.05) is 0 Å². The summed E-state index contributed by atoms with van der Waals surface area (Å²) in [6.45, 7) is 5.83. The lowest BCUT2D eigenvalue weighted by Gasteiger charge is -2.20. The van der Waals surface area contributed by atoms with Crippen LogP contribution in [0.1, 0.15) is 19.4 Å². The molecule has 0 radical (unpaired) electrons. The van der Waals surface area contributed by atoms with E-state index in [1.54, 1.807) is 57.2 Å². The molecular formula is C20H23ClN6O3S. The van der Waals surface area contributed by atoms with Crippen molar-refractivity contribution in [1.82, 2.24) is 24.5 Å². The molecular weight excluding hydrogens is 440 g/mol. The summed E-state index contributed by atoms with van der Waals surface area (Å²) in [5, 5.41) is 15.3. The van der Waals surface area contributed by atoms with Gasteiger partial charge in [-0.3, -0.25) is 4.79 Å². The average Bonchev–Trinajstić information content (AvgIpc) is 3.18. The van der Waals surface area contributed by atoms with Crippen molar-refractivity contribution in [3.05, 3.63) is 53.1 Å². The van der Waals surface area contributed by atoms with E-state index in [0.29, 0.717) is 40.8 Å². The van der Waals surface area contributed by atoms with E-state index in [2.05, 4.69) is 20.7 Å². The molecule has 1 heterocycles. The standard InChI is InChI=1S/C20H23ClN6O3S/c1-4-26(5-2)31(29,30)18-12-17(10-9-14(18)3)22-19(28)13-27-24-20(23-25-27)15-7-6-8-16(21)11-15/h6-12H,4-5,13H2,1-3H3,(H,22,28). The predicted octanol–water partition coefficient (Wildman–Crippen LogP) is 2.97. The Morgan fingerprint density at radius 1 is 1.16 bits per heavy atom. The maximum absolute atomic E-state index is 12.9. The minimum Gasteiger partial charge on any atom is -0.324 e. The van der Waals surface area contributed by atoms with E-state index >= 15 is 0 Å². The number of carbonyl (C=O) groups excluding carboxylic acids is 1. The van der Waals surface area contributed by atoms with Gasteiger partial charge in [0.05, 0.1) is 4.90 Å². The number of hydrogen-bond donors (Lipinski definition) is 1. The number of aromatic nitrogens is 4. The van der Waals surface area contributed by atoms with Crippen LogP contribution in [0.4, 0.5) is 5.69 Å². The van der Waals surface area contributed by atoms with E-state index in [0.717, 1.165) is 4.80 Å². The molecule has 0 saturated carbocycles. The Morgan fingerprint density at radius 2 is 1.90 bits per heavy atom. The summed E-state index contributed by atoms with van der Waals surface area (Å²) in [5.41, 5.74) is 1.66. The number of rotatable bonds is 8. The van der Waals surface area contributed by atoms with Crippen LogP contribution in [0.15, 0.2) is 47.4 Å². The number of nitrogens with one attached hydrogen (secondary N) is 1. The van der Waals surface area contributed by atoms with Gasteiger partial charge in [-0.1, -0.05) is 43.6 Å². The predicted molar refractivity (Wildman–Crippen MR) is 118 cm³/mol. The number of amides is 1. The molecule has 3 aromatic rings. The van der Waals surface area contributed by atoms with Gasteiger partial charge in [0.25, 0.3) is 0 Å². The van der Waals surface area contributed by atoms with E-state index in [1.165, 1.54) is 10.4 Å². The first-order valence-corrected chi connectivity index (χ1v) is 11.5. The Morgan fingerprint density at radius 3 is 2.58 bits per heavy atom. The molecule has 0 spiro atoms. The van der Waals surface area contributed by atoms with Gasteiger partial charge in [0.1, 0.15) is 6.54 Å². The molecule has 1 amide bonds. The maximum atomic E-state index is 12.9. The molecule has 3 rings (SSSR count). The summed E-state index contributed by atoms with van der Waals surface area (Å²) in [7, 11) is -3.65. The molecule has 1 aromatic heterocycles. The Labute approximate surface area is 186 Å². The third-order valence-electron chi connectivity index (χ3n) is 4.62. The first-order valence-electron chi connectivity index (χ1n) is 9.69. The molecule has 11 heteroatoms. The van der Waals surface area contributed by atoms with Crippen LogP contribution >= 0.6 is 11.6 Å². The van der Waals surface area contributed by atoms with Gasteiger partial charge in [0, 0.05) is 29.4 Å². The lowest BCUT2D eigenvalue weighted by Crippen LogP contribution is -2.31. The van der Waals surface area contributed by atoms with Gasteiger partial charge in [-0.15, -0.1) is 10.2 Å². The SMILES string of the molecule is CCN(CC)S(=O)(=O)c1cc(NC(=O)Cn2nnc(-c3cccc(Cl)c3)n2)ccc1C. The van der Waals surface area contributed by atoms with E-state index < -0.39 is 15.9 Å². The molecule has 0 saturated heterocycles. The number of anilines is 1. The van der Waals surface area contributed by atoms with Gasteiger partial charge in [-0.05, 0) is 42.0 Å². The zero-order valence-electron chi connectivity index (χ0n) is 17.4. The Balaban J connectivity index is 1.74. The number of carbonyl (C=O) groups is 1. The molecule has 0 aliphatic rings. The molecule has 0 bridgehead atoms. The molecule has 31 heavy (non-hydrogen) atoms. The molecule has 0 atom stereocenters. The topological polar surface area (TPSA) is 110 Å². The summed E-state index contributed by atoms with van der Waals surface area (Å²) in [4.78, 5) is 13.8. The van der Waals surface area contributed by atoms with Crippen LogP contribution in [0.3, 0.4) is 0 Å². The van der Waals surface area contributed by atoms with Crippen molar-refractivity contribution in [3.8, 4) is 11.4 Å². The van der Waals surface area contributed by atoms with Crippen LogP contribution in [0.5, 0.6) is 0 Å². The van der Waals surface area contributed by atoms with Crippen molar-refractivity contribution < 1.29 is 13.2 Å². The zero-order chi connectivity index (χ0) is 22.6. The number of aryl methyl sites for hydroxylation is 1. The highest BCUT2D eigenvalue weighted by molar-refractivity contribution is 7.89. The van der Waals surface area contributed by atoms with E-state index in [9.17, 15) is 13.2 Å². The smallest absolute Gasteiger partial charge is 0.248 e. The normalized spacial score (nSPS) is 11.6. The van der Waals surface area contributed by atoms with Crippen LogP contribution in [0.2, 0.25) is 5.02 Å². The van der Waals surface area contributed by atoms with Crippen LogP contribution in [-0.4, -0.2) is 51.9 Å². The summed E-state index contributed by atoms with van der Waals surface area (Å²) >= 11 is 5.98. The van der Waals surface area contributed by atoms with Crippen molar-refractivity contribution in [1.29, 1.82) is 0 Å². The lowest BCUT2D eigenvalue weighted by atomic mass is 10.2. The summed E-state index contributed by atoms with van der Waals surface area (Å²) < 4.78 is 27.1. The molecule has 1 N–H and O–H groups in total. The van der Waals surface area contributed by atoms with E-state index in [-0.39, 0.29) is 11.4 Å². The van der Waals surface area contributed by atoms with Crippen molar-refractivity contribution in [3.63, 3.8) is 0 Å². The van der Waals surface area contributed by atoms with Gasteiger partial charge in [0.15, 0.2) is 0 Å². The highest BCUT2D eigenvalue weighted by Crippen LogP contribution is 2.24. The molecule has 0 fully saturated rings. The van der Waals surface area contributed by atoms with Crippen LogP contribution in [-0.2, 0) is 21.4 Å². The first-order chi connectivity index (χ1) is 14.7. The number of sulfonamides is 1. The minimum atomic E-state index is -3.65. The minimum absolute atomic E-state index is 0.163. The van der Waals surface area contributed by atoms with Crippen LogP contribution < -0.4 is 5.32 Å². The molecule has 9 nitrogen and oxygen atoms in total. The highest BCUT2D eigenvalue weighted by Gasteiger charge is 2.24. The number of benzene rings is 2. The Hall–Kier alpha value is -2.82. The van der Waals surface area contributed by atoms with Gasteiger partial charge in [-0.25, -0.2) is 8.42 Å². The molecule has 164 valence electrons. The lowest BCUT2D eigenvalue weighted by molar-refractivity contribution is -0.117. The second kappa shape index (κ2) is 9.54. The fourth-order valence-electron chi connectivity index (χ4n) is 3.04. The maximum Gasteiger partial charge on any atom is 0.248 e. The van der Waals surface area contributed by atoms with Crippen molar-refractivity contribution in [2.24, 2.45) is 0 Å². The van der Waals surface area contributed by atoms with Crippen LogP contribution in [0.25, 0.3) is 11.4 Å². The summed E-state index contributed by atoms with van der Waals surface area (Å²) in [5.74, 6) is -0.0664. The van der Waals surface area contributed by atoms with E-state index in [4.69, 9.17) is 11.6 Å².